The lowest BCUT2D eigenvalue weighted by Crippen LogP contribution is -2.12. The molecule has 0 aliphatic heterocycles. The van der Waals surface area contributed by atoms with Crippen molar-refractivity contribution in [1.82, 2.24) is 9.55 Å². The molecule has 2 heterocycles. The molecule has 0 radical (unpaired) electrons. The molecule has 0 atom stereocenters. The van der Waals surface area contributed by atoms with E-state index in [4.69, 9.17) is 4.98 Å². The number of carbonyl (C=O) groups is 1. The van der Waals surface area contributed by atoms with E-state index in [1.165, 1.54) is 24.2 Å². The van der Waals surface area contributed by atoms with E-state index in [2.05, 4.69) is 16.9 Å². The van der Waals surface area contributed by atoms with Crippen molar-refractivity contribution in [3.63, 3.8) is 0 Å². The molecule has 0 N–H and O–H groups in total. The Labute approximate surface area is 116 Å². The lowest BCUT2D eigenvalue weighted by molar-refractivity contribution is 0.0972. The number of ketones is 1. The monoisotopic (exact) mass is 272 g/mol. The molecule has 0 unspecified atom stereocenters. The van der Waals surface area contributed by atoms with Gasteiger partial charge in [-0.15, -0.1) is 11.3 Å². The Bertz CT molecular complexity index is 664. The normalized spacial score (nSPS) is 18.7. The Balaban J connectivity index is 1.83. The van der Waals surface area contributed by atoms with Gasteiger partial charge in [-0.1, -0.05) is 0 Å². The van der Waals surface area contributed by atoms with Gasteiger partial charge in [-0.05, 0) is 38.7 Å². The summed E-state index contributed by atoms with van der Waals surface area (Å²) in [5.41, 5.74) is 4.47. The molecule has 2 aromatic rings. The summed E-state index contributed by atoms with van der Waals surface area (Å²) in [6, 6.07) is 2.04. The summed E-state index contributed by atoms with van der Waals surface area (Å²) < 4.78 is 2.20. The molecule has 4 rings (SSSR count). The third-order valence-corrected chi connectivity index (χ3v) is 4.95. The van der Waals surface area contributed by atoms with Crippen LogP contribution in [-0.4, -0.2) is 15.3 Å². The van der Waals surface area contributed by atoms with Crippen LogP contribution in [-0.2, 0) is 6.42 Å². The van der Waals surface area contributed by atoms with Crippen LogP contribution in [0.5, 0.6) is 0 Å². The highest BCUT2D eigenvalue weighted by Gasteiger charge is 2.28. The lowest BCUT2D eigenvalue weighted by atomic mass is 9.97. The van der Waals surface area contributed by atoms with Gasteiger partial charge in [0, 0.05) is 34.7 Å². The average Bonchev–Trinajstić information content (AvgIpc) is 3.03. The van der Waals surface area contributed by atoms with Crippen LogP contribution in [0, 0.1) is 6.92 Å². The van der Waals surface area contributed by atoms with Crippen molar-refractivity contribution in [1.29, 1.82) is 0 Å². The fourth-order valence-corrected chi connectivity index (χ4v) is 3.93. The van der Waals surface area contributed by atoms with Gasteiger partial charge in [0.15, 0.2) is 10.9 Å². The fourth-order valence-electron chi connectivity index (χ4n) is 2.94. The quantitative estimate of drug-likeness (QED) is 0.836. The van der Waals surface area contributed by atoms with E-state index in [1.54, 1.807) is 11.3 Å². The Hall–Kier alpha value is -1.42. The first-order valence-corrected chi connectivity index (χ1v) is 7.82. The third-order valence-electron chi connectivity index (χ3n) is 4.10. The highest BCUT2D eigenvalue weighted by Crippen LogP contribution is 2.41. The molecule has 98 valence electrons. The summed E-state index contributed by atoms with van der Waals surface area (Å²) in [4.78, 5) is 16.8. The van der Waals surface area contributed by atoms with Gasteiger partial charge in [0.1, 0.15) is 0 Å². The number of rotatable bonds is 2. The predicted octanol–water partition coefficient (Wildman–Crippen LogP) is 3.64. The van der Waals surface area contributed by atoms with Crippen LogP contribution >= 0.6 is 11.3 Å². The van der Waals surface area contributed by atoms with Gasteiger partial charge in [0.05, 0.1) is 5.69 Å². The summed E-state index contributed by atoms with van der Waals surface area (Å²) in [5, 5.41) is 3.22. The van der Waals surface area contributed by atoms with Gasteiger partial charge in [0.25, 0.3) is 0 Å². The van der Waals surface area contributed by atoms with Gasteiger partial charge in [-0.3, -0.25) is 9.36 Å². The number of nitrogens with zero attached hydrogens (tertiary/aromatic N) is 2. The van der Waals surface area contributed by atoms with Gasteiger partial charge in [0.2, 0.25) is 0 Å². The van der Waals surface area contributed by atoms with E-state index >= 15 is 0 Å². The van der Waals surface area contributed by atoms with E-state index in [0.717, 1.165) is 29.2 Å². The van der Waals surface area contributed by atoms with E-state index in [0.29, 0.717) is 18.1 Å². The first-order chi connectivity index (χ1) is 9.24. The molecule has 0 aromatic carbocycles. The van der Waals surface area contributed by atoms with Crippen molar-refractivity contribution in [2.24, 2.45) is 0 Å². The highest BCUT2D eigenvalue weighted by atomic mass is 32.1. The maximum Gasteiger partial charge on any atom is 0.194 e. The smallest absolute Gasteiger partial charge is 0.194 e. The van der Waals surface area contributed by atoms with E-state index < -0.39 is 0 Å². The highest BCUT2D eigenvalue weighted by molar-refractivity contribution is 7.12. The van der Waals surface area contributed by atoms with Gasteiger partial charge in [-0.2, -0.15) is 0 Å². The van der Waals surface area contributed by atoms with Crippen molar-refractivity contribution < 1.29 is 4.79 Å². The molecule has 0 bridgehead atoms. The number of fused-ring (bicyclic) bond motifs is 1. The van der Waals surface area contributed by atoms with E-state index in [-0.39, 0.29) is 0 Å². The number of aromatic nitrogens is 2. The number of thiazole rings is 1. The molecule has 0 amide bonds. The molecule has 0 spiro atoms. The minimum atomic E-state index is 0.294. The Morgan fingerprint density at radius 2 is 2.21 bits per heavy atom. The Kier molecular flexibility index (Phi) is 2.42. The largest absolute Gasteiger partial charge is 0.294 e. The summed E-state index contributed by atoms with van der Waals surface area (Å²) >= 11 is 1.70. The second-order valence-corrected chi connectivity index (χ2v) is 6.42. The topological polar surface area (TPSA) is 34.9 Å². The zero-order chi connectivity index (χ0) is 13.0. The van der Waals surface area contributed by atoms with Gasteiger partial charge < -0.3 is 0 Å². The maximum atomic E-state index is 12.0. The van der Waals surface area contributed by atoms with Crippen LogP contribution < -0.4 is 0 Å². The number of hydrogen-bond acceptors (Lipinski definition) is 3. The second-order valence-electron chi connectivity index (χ2n) is 5.59. The summed E-state index contributed by atoms with van der Waals surface area (Å²) in [6.45, 7) is 2.07. The average molecular weight is 272 g/mol. The number of hydrogen-bond donors (Lipinski definition) is 0. The molecular weight excluding hydrogens is 256 g/mol. The SMILES string of the molecule is Cc1cc2c(n1-c1nc(C3CC3)cs1)CCCC2=O. The molecule has 4 heteroatoms. The van der Waals surface area contributed by atoms with Crippen LogP contribution in [0.4, 0.5) is 0 Å². The molecular formula is C15H16N2OS. The summed E-state index contributed by atoms with van der Waals surface area (Å²) in [6.07, 6.45) is 5.22. The minimum Gasteiger partial charge on any atom is -0.294 e. The summed E-state index contributed by atoms with van der Waals surface area (Å²) in [5.74, 6) is 0.986. The van der Waals surface area contributed by atoms with Gasteiger partial charge >= 0.3 is 0 Å². The number of aryl methyl sites for hydroxylation is 1. The predicted molar refractivity (Wildman–Crippen MR) is 75.4 cm³/mol. The van der Waals surface area contributed by atoms with E-state index in [9.17, 15) is 4.79 Å². The lowest BCUT2D eigenvalue weighted by Gasteiger charge is -2.13. The zero-order valence-corrected chi connectivity index (χ0v) is 11.8. The van der Waals surface area contributed by atoms with Crippen LogP contribution in [0.1, 0.15) is 59.0 Å². The zero-order valence-electron chi connectivity index (χ0n) is 11.0. The summed E-state index contributed by atoms with van der Waals surface area (Å²) in [7, 11) is 0. The molecule has 1 saturated carbocycles. The molecule has 0 saturated heterocycles. The molecule has 19 heavy (non-hydrogen) atoms. The Morgan fingerprint density at radius 3 is 3.00 bits per heavy atom. The van der Waals surface area contributed by atoms with E-state index in [1.807, 2.05) is 6.07 Å². The molecule has 2 aliphatic carbocycles. The molecule has 1 fully saturated rings. The standard InChI is InChI=1S/C15H16N2OS/c1-9-7-11-13(3-2-4-14(11)18)17(9)15-16-12(8-19-15)10-5-6-10/h7-8,10H,2-6H2,1H3. The van der Waals surface area contributed by atoms with Crippen LogP contribution in [0.2, 0.25) is 0 Å². The molecule has 2 aromatic heterocycles. The number of Topliss-reactive ketones (excluding diaryl/α,β-unsaturated/α-hetero) is 1. The first-order valence-electron chi connectivity index (χ1n) is 6.94. The van der Waals surface area contributed by atoms with Crippen molar-refractivity contribution in [2.75, 3.05) is 0 Å². The van der Waals surface area contributed by atoms with Gasteiger partial charge in [-0.25, -0.2) is 4.98 Å². The first kappa shape index (κ1) is 11.4. The van der Waals surface area contributed by atoms with Crippen molar-refractivity contribution in [3.8, 4) is 5.13 Å². The van der Waals surface area contributed by atoms with Crippen LogP contribution in [0.25, 0.3) is 5.13 Å². The molecule has 3 nitrogen and oxygen atoms in total. The van der Waals surface area contributed by atoms with Crippen LogP contribution in [0.3, 0.4) is 0 Å². The second kappa shape index (κ2) is 4.04. The van der Waals surface area contributed by atoms with Crippen molar-refractivity contribution >= 4 is 17.1 Å². The number of carbonyl (C=O) groups excluding carboxylic acids is 1. The Morgan fingerprint density at radius 1 is 1.37 bits per heavy atom. The molecule has 2 aliphatic rings. The maximum absolute atomic E-state index is 12.0. The minimum absolute atomic E-state index is 0.294. The van der Waals surface area contributed by atoms with Crippen molar-refractivity contribution in [3.05, 3.63) is 34.1 Å². The third kappa shape index (κ3) is 1.77. The van der Waals surface area contributed by atoms with Crippen molar-refractivity contribution in [2.45, 2.75) is 44.9 Å². The fraction of sp³-hybridized carbons (Fsp3) is 0.467. The van der Waals surface area contributed by atoms with Crippen LogP contribution in [0.15, 0.2) is 11.4 Å².